The van der Waals surface area contributed by atoms with Crippen molar-refractivity contribution >= 4 is 17.9 Å². The van der Waals surface area contributed by atoms with Gasteiger partial charge in [0.05, 0.1) is 0 Å². The predicted molar refractivity (Wildman–Crippen MR) is 158 cm³/mol. The SMILES string of the molecule is C=CC.CC.CC.CC(C)(C)OC(=O)N1CCN(C(=O)c2cccc(COc3cccc(F)c3C(N)=O)c2)CC1. The average Bonchev–Trinajstić information content (AvgIpc) is 2.93. The van der Waals surface area contributed by atoms with E-state index >= 15 is 0 Å². The molecule has 222 valence electrons. The normalized spacial score (nSPS) is 12.2. The van der Waals surface area contributed by atoms with Crippen molar-refractivity contribution in [1.82, 2.24) is 9.80 Å². The van der Waals surface area contributed by atoms with Gasteiger partial charge in [0.25, 0.3) is 11.8 Å². The molecule has 2 aromatic rings. The summed E-state index contributed by atoms with van der Waals surface area (Å²) in [7, 11) is 0. The van der Waals surface area contributed by atoms with Crippen molar-refractivity contribution < 1.29 is 28.2 Å². The molecule has 0 aromatic heterocycles. The molecule has 1 saturated heterocycles. The third-order valence-corrected chi connectivity index (χ3v) is 5.01. The van der Waals surface area contributed by atoms with Gasteiger partial charge in [0.15, 0.2) is 0 Å². The molecule has 2 aromatic carbocycles. The van der Waals surface area contributed by atoms with Crippen LogP contribution in [0.25, 0.3) is 0 Å². The van der Waals surface area contributed by atoms with Crippen molar-refractivity contribution in [2.24, 2.45) is 5.73 Å². The zero-order valence-corrected chi connectivity index (χ0v) is 25.3. The van der Waals surface area contributed by atoms with Gasteiger partial charge in [0.1, 0.15) is 29.3 Å². The summed E-state index contributed by atoms with van der Waals surface area (Å²) in [5.41, 5.74) is 5.50. The van der Waals surface area contributed by atoms with E-state index in [4.69, 9.17) is 15.2 Å². The van der Waals surface area contributed by atoms with Gasteiger partial charge in [-0.2, -0.15) is 0 Å². The maximum atomic E-state index is 13.9. The fourth-order valence-electron chi connectivity index (χ4n) is 3.42. The molecule has 0 bridgehead atoms. The summed E-state index contributed by atoms with van der Waals surface area (Å²) in [5, 5.41) is 0. The van der Waals surface area contributed by atoms with Crippen LogP contribution in [0.1, 0.15) is 81.7 Å². The molecule has 1 aliphatic heterocycles. The zero-order chi connectivity index (χ0) is 30.9. The van der Waals surface area contributed by atoms with E-state index < -0.39 is 17.3 Å². The summed E-state index contributed by atoms with van der Waals surface area (Å²) >= 11 is 0. The Morgan fingerprint density at radius 1 is 0.975 bits per heavy atom. The number of allylic oxidation sites excluding steroid dienone is 1. The molecule has 1 aliphatic rings. The topological polar surface area (TPSA) is 102 Å². The molecule has 0 radical (unpaired) electrons. The smallest absolute Gasteiger partial charge is 0.410 e. The summed E-state index contributed by atoms with van der Waals surface area (Å²) < 4.78 is 24.9. The Morgan fingerprint density at radius 2 is 1.50 bits per heavy atom. The Balaban J connectivity index is 0.00000199. The van der Waals surface area contributed by atoms with Crippen LogP contribution in [0.4, 0.5) is 9.18 Å². The summed E-state index contributed by atoms with van der Waals surface area (Å²) in [6.45, 7) is 20.3. The number of amides is 3. The highest BCUT2D eigenvalue weighted by atomic mass is 19.1. The van der Waals surface area contributed by atoms with E-state index in [-0.39, 0.29) is 29.9 Å². The van der Waals surface area contributed by atoms with Gasteiger partial charge in [-0.3, -0.25) is 9.59 Å². The average molecular weight is 560 g/mol. The van der Waals surface area contributed by atoms with Crippen LogP contribution < -0.4 is 10.5 Å². The summed E-state index contributed by atoms with van der Waals surface area (Å²) in [6.07, 6.45) is 1.36. The molecular formula is C31H46FN3O5. The minimum absolute atomic E-state index is 0.0251. The van der Waals surface area contributed by atoms with Crippen LogP contribution in [0.5, 0.6) is 5.75 Å². The Bertz CT molecular complexity index is 1090. The highest BCUT2D eigenvalue weighted by Gasteiger charge is 2.28. The van der Waals surface area contributed by atoms with E-state index in [1.807, 2.05) is 55.4 Å². The van der Waals surface area contributed by atoms with Crippen molar-refractivity contribution in [3.63, 3.8) is 0 Å². The van der Waals surface area contributed by atoms with E-state index in [0.29, 0.717) is 37.3 Å². The van der Waals surface area contributed by atoms with Gasteiger partial charge in [-0.25, -0.2) is 9.18 Å². The molecule has 0 saturated carbocycles. The molecule has 0 atom stereocenters. The van der Waals surface area contributed by atoms with Crippen molar-refractivity contribution in [2.45, 2.75) is 67.6 Å². The number of carbonyl (C=O) groups excluding carboxylic acids is 3. The number of primary amides is 1. The second-order valence-electron chi connectivity index (χ2n) is 9.13. The van der Waals surface area contributed by atoms with Gasteiger partial charge in [-0.05, 0) is 57.5 Å². The minimum Gasteiger partial charge on any atom is -0.488 e. The summed E-state index contributed by atoms with van der Waals surface area (Å²) in [5.74, 6) is -1.80. The van der Waals surface area contributed by atoms with Crippen molar-refractivity contribution in [3.05, 3.63) is 77.6 Å². The second kappa shape index (κ2) is 18.4. The van der Waals surface area contributed by atoms with E-state index in [1.165, 1.54) is 12.1 Å². The fourth-order valence-corrected chi connectivity index (χ4v) is 3.42. The number of rotatable bonds is 5. The number of carbonyl (C=O) groups is 3. The first-order chi connectivity index (χ1) is 19.0. The third-order valence-electron chi connectivity index (χ3n) is 5.01. The Labute approximate surface area is 238 Å². The Hall–Kier alpha value is -3.88. The Kier molecular flexibility index (Phi) is 16.6. The van der Waals surface area contributed by atoms with E-state index in [1.54, 1.807) is 40.1 Å². The van der Waals surface area contributed by atoms with Gasteiger partial charge in [-0.1, -0.05) is 52.0 Å². The first-order valence-corrected chi connectivity index (χ1v) is 13.6. The zero-order valence-electron chi connectivity index (χ0n) is 25.3. The van der Waals surface area contributed by atoms with Crippen LogP contribution in [0.3, 0.4) is 0 Å². The minimum atomic E-state index is -0.919. The molecule has 3 rings (SSSR count). The van der Waals surface area contributed by atoms with Gasteiger partial charge in [0.2, 0.25) is 0 Å². The highest BCUT2D eigenvalue weighted by molar-refractivity contribution is 5.96. The second-order valence-corrected chi connectivity index (χ2v) is 9.13. The molecular weight excluding hydrogens is 513 g/mol. The number of benzene rings is 2. The van der Waals surface area contributed by atoms with Gasteiger partial charge in [0, 0.05) is 31.7 Å². The van der Waals surface area contributed by atoms with Gasteiger partial charge < -0.3 is 25.0 Å². The largest absolute Gasteiger partial charge is 0.488 e. The number of halogens is 1. The summed E-state index contributed by atoms with van der Waals surface area (Å²) in [6, 6.07) is 10.9. The highest BCUT2D eigenvalue weighted by Crippen LogP contribution is 2.22. The number of nitrogens with two attached hydrogens (primary N) is 1. The van der Waals surface area contributed by atoms with Crippen molar-refractivity contribution in [1.29, 1.82) is 0 Å². The molecule has 40 heavy (non-hydrogen) atoms. The standard InChI is InChI=1S/C24H28FN3O5.C3H6.2C2H6/c1-24(2,3)33-23(31)28-12-10-27(11-13-28)22(30)17-7-4-6-16(14-17)15-32-19-9-5-8-18(25)20(19)21(26)29;1-3-2;2*1-2/h4-9,14H,10-13,15H2,1-3H3,(H2,26,29);3H,1H2,2H3;2*1-2H3. The molecule has 1 heterocycles. The van der Waals surface area contributed by atoms with Crippen molar-refractivity contribution in [2.75, 3.05) is 26.2 Å². The molecule has 9 heteroatoms. The lowest BCUT2D eigenvalue weighted by atomic mass is 10.1. The van der Waals surface area contributed by atoms with Crippen LogP contribution in [0.15, 0.2) is 55.1 Å². The van der Waals surface area contributed by atoms with Gasteiger partial charge in [-0.15, -0.1) is 6.58 Å². The number of ether oxygens (including phenoxy) is 2. The van der Waals surface area contributed by atoms with Gasteiger partial charge >= 0.3 is 6.09 Å². The quantitative estimate of drug-likeness (QED) is 0.425. The molecule has 1 fully saturated rings. The lowest BCUT2D eigenvalue weighted by Crippen LogP contribution is -2.51. The molecule has 0 spiro atoms. The van der Waals surface area contributed by atoms with Crippen molar-refractivity contribution in [3.8, 4) is 5.75 Å². The number of nitrogens with zero attached hydrogens (tertiary/aromatic N) is 2. The molecule has 0 unspecified atom stereocenters. The van der Waals surface area contributed by atoms with Crippen LogP contribution in [0, 0.1) is 5.82 Å². The van der Waals surface area contributed by atoms with Crippen LogP contribution in [-0.4, -0.2) is 59.5 Å². The maximum Gasteiger partial charge on any atom is 0.410 e. The fraction of sp³-hybridized carbons (Fsp3) is 0.452. The lowest BCUT2D eigenvalue weighted by molar-refractivity contribution is 0.0141. The summed E-state index contributed by atoms with van der Waals surface area (Å²) in [4.78, 5) is 40.0. The first kappa shape index (κ1) is 36.1. The lowest BCUT2D eigenvalue weighted by Gasteiger charge is -2.35. The third kappa shape index (κ3) is 11.9. The first-order valence-electron chi connectivity index (χ1n) is 13.6. The Morgan fingerprint density at radius 3 is 2.02 bits per heavy atom. The van der Waals surface area contributed by atoms with Crippen LogP contribution >= 0.6 is 0 Å². The predicted octanol–water partition coefficient (Wildman–Crippen LogP) is 6.44. The number of hydrogen-bond donors (Lipinski definition) is 1. The van der Waals surface area contributed by atoms with E-state index in [9.17, 15) is 18.8 Å². The van der Waals surface area contributed by atoms with Crippen LogP contribution in [0.2, 0.25) is 0 Å². The maximum absolute atomic E-state index is 13.9. The van der Waals surface area contributed by atoms with E-state index in [0.717, 1.165) is 6.07 Å². The van der Waals surface area contributed by atoms with Crippen LogP contribution in [-0.2, 0) is 11.3 Å². The van der Waals surface area contributed by atoms with E-state index in [2.05, 4.69) is 6.58 Å². The molecule has 3 amide bonds. The number of piperazine rings is 1. The number of hydrogen-bond acceptors (Lipinski definition) is 5. The monoisotopic (exact) mass is 559 g/mol. The molecule has 8 nitrogen and oxygen atoms in total. The molecule has 0 aliphatic carbocycles. The molecule has 2 N–H and O–H groups in total.